The molecule has 0 aliphatic heterocycles. The minimum atomic E-state index is -0.856. The van der Waals surface area contributed by atoms with Gasteiger partial charge in [0.05, 0.1) is 19.6 Å². The van der Waals surface area contributed by atoms with Crippen LogP contribution in [0.3, 0.4) is 0 Å². The van der Waals surface area contributed by atoms with Crippen molar-refractivity contribution >= 4 is 28.8 Å². The molecule has 178 valence electrons. The van der Waals surface area contributed by atoms with E-state index in [1.165, 1.54) is 4.90 Å². The summed E-state index contributed by atoms with van der Waals surface area (Å²) in [5.74, 6) is -0.0938. The molecular weight excluding hydrogens is 440 g/mol. The summed E-state index contributed by atoms with van der Waals surface area (Å²) in [7, 11) is 1.62. The Hall–Kier alpha value is -4.14. The van der Waals surface area contributed by atoms with Crippen LogP contribution in [0.15, 0.2) is 54.6 Å². The number of methoxy groups -OCH3 is 1. The van der Waals surface area contributed by atoms with Crippen molar-refractivity contribution in [2.45, 2.75) is 26.4 Å². The van der Waals surface area contributed by atoms with Crippen LogP contribution in [0.1, 0.15) is 29.5 Å². The minimum absolute atomic E-state index is 0.0261. The van der Waals surface area contributed by atoms with Crippen molar-refractivity contribution in [3.63, 3.8) is 0 Å². The van der Waals surface area contributed by atoms with Crippen LogP contribution in [0.4, 0.5) is 5.69 Å². The molecule has 34 heavy (non-hydrogen) atoms. The second-order valence-corrected chi connectivity index (χ2v) is 7.78. The largest absolute Gasteiger partial charge is 0.497 e. The maximum atomic E-state index is 12.6. The summed E-state index contributed by atoms with van der Waals surface area (Å²) in [4.78, 5) is 40.4. The van der Waals surface area contributed by atoms with E-state index in [9.17, 15) is 19.7 Å². The number of nitrogens with zero attached hydrogens (tertiary/aromatic N) is 2. The zero-order chi connectivity index (χ0) is 24.7. The van der Waals surface area contributed by atoms with Gasteiger partial charge >= 0.3 is 5.97 Å². The highest BCUT2D eigenvalue weighted by Gasteiger charge is 2.18. The van der Waals surface area contributed by atoms with Gasteiger partial charge in [-0.3, -0.25) is 9.59 Å². The third-order valence-corrected chi connectivity index (χ3v) is 5.54. The fourth-order valence-electron chi connectivity index (χ4n) is 3.63. The van der Waals surface area contributed by atoms with Crippen molar-refractivity contribution in [3.05, 3.63) is 81.4 Å². The maximum absolute atomic E-state index is 12.6. The molecule has 0 saturated heterocycles. The minimum Gasteiger partial charge on any atom is -0.497 e. The number of fused-ring (bicyclic) bond motifs is 1. The van der Waals surface area contributed by atoms with Gasteiger partial charge in [0.25, 0.3) is 5.09 Å². The number of hydrogen-bond acceptors (Lipinski definition) is 7. The van der Waals surface area contributed by atoms with Crippen LogP contribution >= 0.6 is 0 Å². The predicted octanol–water partition coefficient (Wildman–Crippen LogP) is 4.17. The Labute approximate surface area is 196 Å². The third kappa shape index (κ3) is 6.00. The number of rotatable bonds is 11. The lowest BCUT2D eigenvalue weighted by Gasteiger charge is -2.21. The van der Waals surface area contributed by atoms with E-state index in [2.05, 4.69) is 4.84 Å². The molecule has 0 spiro atoms. The topological polar surface area (TPSA) is 108 Å². The summed E-state index contributed by atoms with van der Waals surface area (Å²) in [6.45, 7) is 3.59. The molecule has 0 heterocycles. The molecule has 0 aliphatic rings. The average molecular weight is 466 g/mol. The Morgan fingerprint density at radius 3 is 2.53 bits per heavy atom. The molecule has 3 aromatic rings. The molecule has 0 radical (unpaired) electrons. The summed E-state index contributed by atoms with van der Waals surface area (Å²) in [5, 5.41) is 11.5. The number of esters is 1. The monoisotopic (exact) mass is 466 g/mol. The van der Waals surface area contributed by atoms with Gasteiger partial charge in [-0.05, 0) is 59.5 Å². The van der Waals surface area contributed by atoms with Crippen molar-refractivity contribution < 1.29 is 29.0 Å². The molecule has 0 N–H and O–H groups in total. The summed E-state index contributed by atoms with van der Waals surface area (Å²) in [6.07, 6.45) is 0.657. The Bertz CT molecular complexity index is 1200. The number of aryl methyl sites for hydroxylation is 1. The van der Waals surface area contributed by atoms with Crippen LogP contribution in [0.25, 0.3) is 10.8 Å². The molecule has 0 aliphatic carbocycles. The van der Waals surface area contributed by atoms with E-state index in [1.54, 1.807) is 39.2 Å². The van der Waals surface area contributed by atoms with E-state index in [-0.39, 0.29) is 25.7 Å². The Morgan fingerprint density at radius 2 is 1.85 bits per heavy atom. The highest BCUT2D eigenvalue weighted by atomic mass is 16.9. The smallest absolute Gasteiger partial charge is 0.313 e. The van der Waals surface area contributed by atoms with E-state index in [4.69, 9.17) is 9.47 Å². The molecule has 0 fully saturated rings. The van der Waals surface area contributed by atoms with Gasteiger partial charge < -0.3 is 19.2 Å². The van der Waals surface area contributed by atoms with Crippen LogP contribution in [-0.2, 0) is 25.8 Å². The van der Waals surface area contributed by atoms with Crippen molar-refractivity contribution in [2.75, 3.05) is 25.2 Å². The zero-order valence-corrected chi connectivity index (χ0v) is 19.2. The summed E-state index contributed by atoms with van der Waals surface area (Å²) in [5.41, 5.74) is 2.80. The highest BCUT2D eigenvalue weighted by molar-refractivity contribution is 5.87. The van der Waals surface area contributed by atoms with E-state index >= 15 is 0 Å². The van der Waals surface area contributed by atoms with E-state index in [0.717, 1.165) is 27.6 Å². The van der Waals surface area contributed by atoms with Gasteiger partial charge in [-0.1, -0.05) is 36.4 Å². The van der Waals surface area contributed by atoms with E-state index < -0.39 is 11.0 Å². The number of anilines is 1. The number of hydrogen-bond donors (Lipinski definition) is 0. The zero-order valence-electron chi connectivity index (χ0n) is 19.2. The quantitative estimate of drug-likeness (QED) is 0.181. The van der Waals surface area contributed by atoms with E-state index in [0.29, 0.717) is 17.7 Å². The van der Waals surface area contributed by atoms with Crippen molar-refractivity contribution in [3.8, 4) is 5.75 Å². The van der Waals surface area contributed by atoms with Crippen LogP contribution in [0.2, 0.25) is 0 Å². The van der Waals surface area contributed by atoms with Gasteiger partial charge in [-0.25, -0.2) is 0 Å². The SMILES string of the molecule is COc1ccc2cc([C@H](C)C(=O)OCCN(C=O)c3ccc(CO[N+](=O)[O-])cc3C)ccc2c1. The summed E-state index contributed by atoms with van der Waals surface area (Å²) in [6, 6.07) is 16.5. The van der Waals surface area contributed by atoms with Crippen molar-refractivity contribution in [2.24, 2.45) is 0 Å². The number of benzene rings is 3. The molecule has 3 aromatic carbocycles. The molecule has 0 aromatic heterocycles. The molecule has 9 heteroatoms. The molecular formula is C25H26N2O7. The third-order valence-electron chi connectivity index (χ3n) is 5.54. The predicted molar refractivity (Wildman–Crippen MR) is 126 cm³/mol. The Kier molecular flexibility index (Phi) is 8.02. The second-order valence-electron chi connectivity index (χ2n) is 7.78. The normalized spacial score (nSPS) is 11.5. The highest BCUT2D eigenvalue weighted by Crippen LogP contribution is 2.26. The molecule has 1 amide bonds. The summed E-state index contributed by atoms with van der Waals surface area (Å²) >= 11 is 0. The molecule has 9 nitrogen and oxygen atoms in total. The van der Waals surface area contributed by atoms with Gasteiger partial charge in [-0.15, -0.1) is 10.1 Å². The Morgan fingerprint density at radius 1 is 1.12 bits per heavy atom. The van der Waals surface area contributed by atoms with Crippen molar-refractivity contribution in [1.29, 1.82) is 0 Å². The lowest BCUT2D eigenvalue weighted by Crippen LogP contribution is -2.28. The molecule has 1 atom stereocenters. The lowest BCUT2D eigenvalue weighted by atomic mass is 9.98. The van der Waals surface area contributed by atoms with Gasteiger partial charge in [0.15, 0.2) is 0 Å². The summed E-state index contributed by atoms with van der Waals surface area (Å²) < 4.78 is 10.7. The first-order valence-corrected chi connectivity index (χ1v) is 10.7. The van der Waals surface area contributed by atoms with E-state index in [1.807, 2.05) is 36.4 Å². The number of carbonyl (C=O) groups excluding carboxylic acids is 2. The molecule has 0 bridgehead atoms. The average Bonchev–Trinajstić information content (AvgIpc) is 2.84. The van der Waals surface area contributed by atoms with Crippen LogP contribution in [0, 0.1) is 17.0 Å². The van der Waals surface area contributed by atoms with Gasteiger partial charge in [-0.2, -0.15) is 0 Å². The first kappa shape index (κ1) is 24.5. The molecule has 3 rings (SSSR count). The first-order valence-electron chi connectivity index (χ1n) is 10.7. The van der Waals surface area contributed by atoms with Crippen molar-refractivity contribution in [1.82, 2.24) is 0 Å². The maximum Gasteiger partial charge on any atom is 0.313 e. The fraction of sp³-hybridized carbons (Fsp3) is 0.280. The first-order chi connectivity index (χ1) is 16.3. The molecule has 0 unspecified atom stereocenters. The van der Waals surface area contributed by atoms with Gasteiger partial charge in [0.1, 0.15) is 19.0 Å². The van der Waals surface area contributed by atoms with Crippen LogP contribution in [-0.4, -0.2) is 37.7 Å². The molecule has 0 saturated carbocycles. The van der Waals surface area contributed by atoms with Gasteiger partial charge in [0, 0.05) is 5.69 Å². The Balaban J connectivity index is 1.59. The number of ether oxygens (including phenoxy) is 2. The lowest BCUT2D eigenvalue weighted by molar-refractivity contribution is -0.763. The van der Waals surface area contributed by atoms with Crippen LogP contribution < -0.4 is 9.64 Å². The number of carbonyl (C=O) groups is 2. The second kappa shape index (κ2) is 11.1. The standard InChI is InChI=1S/C25H26N2O7/c1-17-12-19(15-34-27(30)31)4-9-24(17)26(16-28)10-11-33-25(29)18(2)20-5-6-22-14-23(32-3)8-7-21(22)13-20/h4-9,12-14,16,18H,10-11,15H2,1-3H3/t18-/m0/s1. The van der Waals surface area contributed by atoms with Crippen LogP contribution in [0.5, 0.6) is 5.75 Å². The fourth-order valence-corrected chi connectivity index (χ4v) is 3.63. The van der Waals surface area contributed by atoms with Gasteiger partial charge in [0.2, 0.25) is 6.41 Å². The number of amides is 1.